The lowest BCUT2D eigenvalue weighted by Crippen LogP contribution is -2.27. The Kier molecular flexibility index (Phi) is 4.38. The minimum absolute atomic E-state index is 0.0116. The molecule has 1 aliphatic carbocycles. The molecule has 1 aromatic carbocycles. The van der Waals surface area contributed by atoms with E-state index >= 15 is 0 Å². The van der Waals surface area contributed by atoms with E-state index in [9.17, 15) is 9.59 Å². The highest BCUT2D eigenvalue weighted by atomic mass is 79.9. The SMILES string of the molecule is CC(C)(C)Nc1oc2c(c1C(=O)c1ccc(Br)cc1)C(=O)CCC2. The highest BCUT2D eigenvalue weighted by Gasteiger charge is 2.33. The molecule has 0 saturated heterocycles. The van der Waals surface area contributed by atoms with Crippen LogP contribution in [-0.2, 0) is 6.42 Å². The van der Waals surface area contributed by atoms with Crippen LogP contribution in [0.5, 0.6) is 0 Å². The number of fused-ring (bicyclic) bond motifs is 1. The van der Waals surface area contributed by atoms with E-state index in [1.807, 2.05) is 32.9 Å². The van der Waals surface area contributed by atoms with Crippen molar-refractivity contribution >= 4 is 33.4 Å². The van der Waals surface area contributed by atoms with Gasteiger partial charge in [0.1, 0.15) is 5.76 Å². The van der Waals surface area contributed by atoms with Gasteiger partial charge in [0.25, 0.3) is 0 Å². The summed E-state index contributed by atoms with van der Waals surface area (Å²) in [6.45, 7) is 5.97. The van der Waals surface area contributed by atoms with Crippen molar-refractivity contribution in [2.75, 3.05) is 5.32 Å². The zero-order chi connectivity index (χ0) is 17.5. The number of hydrogen-bond acceptors (Lipinski definition) is 4. The summed E-state index contributed by atoms with van der Waals surface area (Å²) in [5, 5.41) is 3.24. The number of nitrogens with one attached hydrogen (secondary N) is 1. The van der Waals surface area contributed by atoms with Crippen molar-refractivity contribution in [1.29, 1.82) is 0 Å². The molecule has 0 saturated carbocycles. The second-order valence-electron chi connectivity index (χ2n) is 7.09. The predicted molar refractivity (Wildman–Crippen MR) is 96.9 cm³/mol. The molecule has 0 atom stereocenters. The highest BCUT2D eigenvalue weighted by molar-refractivity contribution is 9.10. The smallest absolute Gasteiger partial charge is 0.205 e. The number of aryl methyl sites for hydroxylation is 1. The second kappa shape index (κ2) is 6.20. The lowest BCUT2D eigenvalue weighted by molar-refractivity contribution is 0.0957. The molecule has 3 rings (SSSR count). The van der Waals surface area contributed by atoms with E-state index in [0.29, 0.717) is 41.2 Å². The van der Waals surface area contributed by atoms with Crippen molar-refractivity contribution in [1.82, 2.24) is 0 Å². The average Bonchev–Trinajstić information content (AvgIpc) is 2.84. The molecule has 0 fully saturated rings. The maximum Gasteiger partial charge on any atom is 0.205 e. The third kappa shape index (κ3) is 3.31. The molecule has 1 aromatic heterocycles. The Hall–Kier alpha value is -1.88. The first kappa shape index (κ1) is 17.0. The van der Waals surface area contributed by atoms with E-state index in [1.54, 1.807) is 12.1 Å². The first-order chi connectivity index (χ1) is 11.3. The van der Waals surface area contributed by atoms with Crippen LogP contribution in [0.4, 0.5) is 5.88 Å². The summed E-state index contributed by atoms with van der Waals surface area (Å²) in [6.07, 6.45) is 1.91. The molecule has 0 bridgehead atoms. The zero-order valence-electron chi connectivity index (χ0n) is 14.0. The molecule has 0 unspecified atom stereocenters. The summed E-state index contributed by atoms with van der Waals surface area (Å²) in [6, 6.07) is 7.14. The molecule has 1 aliphatic rings. The lowest BCUT2D eigenvalue weighted by atomic mass is 9.90. The van der Waals surface area contributed by atoms with E-state index in [0.717, 1.165) is 10.9 Å². The Bertz CT molecular complexity index is 797. The van der Waals surface area contributed by atoms with Crippen LogP contribution < -0.4 is 5.32 Å². The van der Waals surface area contributed by atoms with Gasteiger partial charge >= 0.3 is 0 Å². The van der Waals surface area contributed by atoms with Gasteiger partial charge in [0.15, 0.2) is 11.6 Å². The van der Waals surface area contributed by atoms with Crippen molar-refractivity contribution in [2.45, 2.75) is 45.6 Å². The topological polar surface area (TPSA) is 59.3 Å². The molecule has 126 valence electrons. The third-order valence-corrected chi connectivity index (χ3v) is 4.42. The number of benzene rings is 1. The molecule has 0 amide bonds. The molecule has 5 heteroatoms. The molecule has 0 radical (unpaired) electrons. The standard InChI is InChI=1S/C19H20BrNO3/c1-19(2,3)21-18-16(15-13(22)5-4-6-14(15)24-18)17(23)11-7-9-12(20)10-8-11/h7-10,21H,4-6H2,1-3H3. The van der Waals surface area contributed by atoms with Gasteiger partial charge in [0.2, 0.25) is 5.88 Å². The molecular formula is C19H20BrNO3. The van der Waals surface area contributed by atoms with Crippen LogP contribution in [0.3, 0.4) is 0 Å². The van der Waals surface area contributed by atoms with Crippen LogP contribution in [0.15, 0.2) is 33.2 Å². The largest absolute Gasteiger partial charge is 0.444 e. The van der Waals surface area contributed by atoms with Gasteiger partial charge in [-0.1, -0.05) is 15.9 Å². The molecule has 2 aromatic rings. The van der Waals surface area contributed by atoms with Crippen LogP contribution >= 0.6 is 15.9 Å². The fourth-order valence-corrected chi connectivity index (χ4v) is 3.14. The molecular weight excluding hydrogens is 370 g/mol. The van der Waals surface area contributed by atoms with Crippen molar-refractivity contribution < 1.29 is 14.0 Å². The van der Waals surface area contributed by atoms with Crippen LogP contribution in [-0.4, -0.2) is 17.1 Å². The summed E-state index contributed by atoms with van der Waals surface area (Å²) >= 11 is 3.37. The summed E-state index contributed by atoms with van der Waals surface area (Å²) in [7, 11) is 0. The van der Waals surface area contributed by atoms with Crippen molar-refractivity contribution in [2.24, 2.45) is 0 Å². The fourth-order valence-electron chi connectivity index (χ4n) is 2.87. The Morgan fingerprint density at radius 3 is 2.46 bits per heavy atom. The Morgan fingerprint density at radius 2 is 1.83 bits per heavy atom. The summed E-state index contributed by atoms with van der Waals surface area (Å²) in [5.74, 6) is 0.825. The van der Waals surface area contributed by atoms with Crippen LogP contribution in [0.25, 0.3) is 0 Å². The Balaban J connectivity index is 2.13. The van der Waals surface area contributed by atoms with Crippen LogP contribution in [0.2, 0.25) is 0 Å². The number of hydrogen-bond donors (Lipinski definition) is 1. The van der Waals surface area contributed by atoms with Crippen molar-refractivity contribution in [3.05, 3.63) is 51.2 Å². The number of furan rings is 1. The van der Waals surface area contributed by atoms with Gasteiger partial charge in [-0.05, 0) is 51.5 Å². The number of rotatable bonds is 3. The molecule has 0 aliphatic heterocycles. The van der Waals surface area contributed by atoms with Crippen molar-refractivity contribution in [3.8, 4) is 0 Å². The monoisotopic (exact) mass is 389 g/mol. The average molecular weight is 390 g/mol. The number of Topliss-reactive ketones (excluding diaryl/α,β-unsaturated/α-hetero) is 1. The van der Waals surface area contributed by atoms with Gasteiger partial charge in [0.05, 0.1) is 11.1 Å². The predicted octanol–water partition coefficient (Wildman–Crippen LogP) is 5.00. The second-order valence-corrected chi connectivity index (χ2v) is 8.01. The van der Waals surface area contributed by atoms with Gasteiger partial charge in [0, 0.05) is 28.4 Å². The molecule has 4 nitrogen and oxygen atoms in total. The van der Waals surface area contributed by atoms with E-state index in [4.69, 9.17) is 4.42 Å². The van der Waals surface area contributed by atoms with E-state index in [1.165, 1.54) is 0 Å². The van der Waals surface area contributed by atoms with E-state index in [-0.39, 0.29) is 17.1 Å². The zero-order valence-corrected chi connectivity index (χ0v) is 15.6. The number of carbonyl (C=O) groups is 2. The van der Waals surface area contributed by atoms with Crippen LogP contribution in [0.1, 0.15) is 65.7 Å². The molecule has 1 N–H and O–H groups in total. The summed E-state index contributed by atoms with van der Waals surface area (Å²) in [4.78, 5) is 25.5. The maximum atomic E-state index is 13.1. The normalized spacial score (nSPS) is 14.4. The summed E-state index contributed by atoms with van der Waals surface area (Å²) < 4.78 is 6.79. The molecule has 0 spiro atoms. The summed E-state index contributed by atoms with van der Waals surface area (Å²) in [5.41, 5.74) is 1.09. The number of anilines is 1. The van der Waals surface area contributed by atoms with E-state index in [2.05, 4.69) is 21.2 Å². The first-order valence-electron chi connectivity index (χ1n) is 8.03. The molecule has 1 heterocycles. The number of halogens is 1. The van der Waals surface area contributed by atoms with Gasteiger partial charge in [-0.3, -0.25) is 9.59 Å². The third-order valence-electron chi connectivity index (χ3n) is 3.89. The van der Waals surface area contributed by atoms with Gasteiger partial charge in [-0.2, -0.15) is 0 Å². The lowest BCUT2D eigenvalue weighted by Gasteiger charge is -2.20. The molecule has 24 heavy (non-hydrogen) atoms. The Labute approximate surface area is 149 Å². The van der Waals surface area contributed by atoms with Crippen molar-refractivity contribution in [3.63, 3.8) is 0 Å². The maximum absolute atomic E-state index is 13.1. The van der Waals surface area contributed by atoms with Gasteiger partial charge < -0.3 is 9.73 Å². The minimum Gasteiger partial charge on any atom is -0.444 e. The Morgan fingerprint density at radius 1 is 1.17 bits per heavy atom. The minimum atomic E-state index is -0.280. The number of carbonyl (C=O) groups excluding carboxylic acids is 2. The number of ketones is 2. The first-order valence-corrected chi connectivity index (χ1v) is 8.83. The van der Waals surface area contributed by atoms with Gasteiger partial charge in [-0.25, -0.2) is 0 Å². The van der Waals surface area contributed by atoms with Crippen LogP contribution in [0, 0.1) is 0 Å². The van der Waals surface area contributed by atoms with Gasteiger partial charge in [-0.15, -0.1) is 0 Å². The fraction of sp³-hybridized carbons (Fsp3) is 0.368. The quantitative estimate of drug-likeness (QED) is 0.750. The highest BCUT2D eigenvalue weighted by Crippen LogP contribution is 2.36. The van der Waals surface area contributed by atoms with E-state index < -0.39 is 0 Å².